The zero-order valence-electron chi connectivity index (χ0n) is 12.0. The summed E-state index contributed by atoms with van der Waals surface area (Å²) in [5.41, 5.74) is 1.60. The Kier molecular flexibility index (Phi) is 5.00. The lowest BCUT2D eigenvalue weighted by Gasteiger charge is -2.31. The molecule has 0 aromatic carbocycles. The number of ether oxygens (including phenoxy) is 1. The van der Waals surface area contributed by atoms with Gasteiger partial charge >= 0.3 is 6.03 Å². The summed E-state index contributed by atoms with van der Waals surface area (Å²) in [7, 11) is 0. The zero-order valence-corrected chi connectivity index (χ0v) is 12.8. The molecule has 1 aromatic rings. The molecule has 2 N–H and O–H groups in total. The van der Waals surface area contributed by atoms with Crippen LogP contribution in [0.3, 0.4) is 0 Å². The third-order valence-electron chi connectivity index (χ3n) is 4.17. The Labute approximate surface area is 128 Å². The van der Waals surface area contributed by atoms with Crippen molar-refractivity contribution in [1.29, 1.82) is 0 Å². The van der Waals surface area contributed by atoms with Gasteiger partial charge in [-0.15, -0.1) is 10.2 Å². The lowest BCUT2D eigenvalue weighted by Crippen LogP contribution is -2.48. The van der Waals surface area contributed by atoms with Gasteiger partial charge in [-0.05, 0) is 32.4 Å². The molecule has 2 fully saturated rings. The van der Waals surface area contributed by atoms with Crippen LogP contribution in [0.2, 0.25) is 0 Å². The second kappa shape index (κ2) is 7.15. The van der Waals surface area contributed by atoms with E-state index < -0.39 is 0 Å². The van der Waals surface area contributed by atoms with Crippen LogP contribution in [0.25, 0.3) is 0 Å². The van der Waals surface area contributed by atoms with Crippen molar-refractivity contribution < 1.29 is 9.53 Å². The van der Waals surface area contributed by atoms with E-state index in [1.807, 2.05) is 0 Å². The first-order valence-electron chi connectivity index (χ1n) is 7.46. The van der Waals surface area contributed by atoms with Crippen LogP contribution in [-0.2, 0) is 4.74 Å². The molecule has 2 unspecified atom stereocenters. The topological polar surface area (TPSA) is 79.4 Å². The highest BCUT2D eigenvalue weighted by atomic mass is 32.1. The summed E-state index contributed by atoms with van der Waals surface area (Å²) in [5, 5.41) is 13.7. The maximum Gasteiger partial charge on any atom is 0.321 e. The minimum Gasteiger partial charge on any atom is -0.381 e. The van der Waals surface area contributed by atoms with Gasteiger partial charge in [-0.25, -0.2) is 4.79 Å². The van der Waals surface area contributed by atoms with Crippen molar-refractivity contribution in [3.05, 3.63) is 5.51 Å². The van der Waals surface area contributed by atoms with E-state index in [9.17, 15) is 4.79 Å². The van der Waals surface area contributed by atoms with Crippen molar-refractivity contribution in [1.82, 2.24) is 20.4 Å². The average Bonchev–Trinajstić information content (AvgIpc) is 3.23. The molecule has 3 heterocycles. The van der Waals surface area contributed by atoms with Crippen molar-refractivity contribution in [2.45, 2.75) is 25.3 Å². The van der Waals surface area contributed by atoms with Gasteiger partial charge in [0.05, 0.1) is 6.61 Å². The van der Waals surface area contributed by atoms with Crippen LogP contribution in [0.1, 0.15) is 19.3 Å². The molecular weight excluding hydrogens is 290 g/mol. The van der Waals surface area contributed by atoms with Gasteiger partial charge in [0.15, 0.2) is 0 Å². The van der Waals surface area contributed by atoms with Crippen LogP contribution >= 0.6 is 11.3 Å². The molecule has 0 saturated carbocycles. The largest absolute Gasteiger partial charge is 0.381 e. The third-order valence-corrected chi connectivity index (χ3v) is 4.78. The van der Waals surface area contributed by atoms with Gasteiger partial charge in [0, 0.05) is 25.1 Å². The van der Waals surface area contributed by atoms with Crippen LogP contribution in [-0.4, -0.2) is 60.0 Å². The molecule has 0 aliphatic carbocycles. The Bertz CT molecular complexity index is 427. The summed E-state index contributed by atoms with van der Waals surface area (Å²) >= 11 is 1.31. The van der Waals surface area contributed by atoms with Crippen LogP contribution in [0.4, 0.5) is 9.93 Å². The molecule has 7 nitrogen and oxygen atoms in total. The van der Waals surface area contributed by atoms with Gasteiger partial charge in [-0.2, -0.15) is 0 Å². The molecule has 2 aliphatic heterocycles. The molecule has 8 heteroatoms. The first kappa shape index (κ1) is 14.7. The van der Waals surface area contributed by atoms with Crippen LogP contribution in [0.5, 0.6) is 0 Å². The molecule has 2 aliphatic rings. The number of nitrogens with zero attached hydrogens (tertiary/aromatic N) is 3. The Morgan fingerprint density at radius 1 is 1.52 bits per heavy atom. The number of nitrogens with one attached hydrogen (secondary N) is 2. The van der Waals surface area contributed by atoms with Gasteiger partial charge < -0.3 is 10.1 Å². The second-order valence-corrected chi connectivity index (χ2v) is 6.35. The molecule has 0 spiro atoms. The lowest BCUT2D eigenvalue weighted by atomic mass is 9.97. The number of likely N-dealkylation sites (tertiary alicyclic amines) is 1. The van der Waals surface area contributed by atoms with Crippen molar-refractivity contribution in [2.75, 3.05) is 38.2 Å². The Morgan fingerprint density at radius 3 is 3.05 bits per heavy atom. The van der Waals surface area contributed by atoms with E-state index in [1.165, 1.54) is 24.2 Å². The fraction of sp³-hybridized carbons (Fsp3) is 0.769. The molecule has 0 bridgehead atoms. The molecule has 2 saturated heterocycles. The Balaban J connectivity index is 1.52. The number of carbonyl (C=O) groups excluding carboxylic acids is 1. The summed E-state index contributed by atoms with van der Waals surface area (Å²) in [5.74, 6) is 0.518. The number of hydrogen-bond acceptors (Lipinski definition) is 6. The predicted octanol–water partition coefficient (Wildman–Crippen LogP) is 1.16. The average molecular weight is 311 g/mol. The zero-order chi connectivity index (χ0) is 14.5. The van der Waals surface area contributed by atoms with E-state index in [2.05, 4.69) is 25.7 Å². The normalized spacial score (nSPS) is 24.1. The molecule has 2 atom stereocenters. The summed E-state index contributed by atoms with van der Waals surface area (Å²) in [6.07, 6.45) is 3.59. The highest BCUT2D eigenvalue weighted by molar-refractivity contribution is 7.13. The monoisotopic (exact) mass is 311 g/mol. The predicted molar refractivity (Wildman–Crippen MR) is 80.5 cm³/mol. The summed E-state index contributed by atoms with van der Waals surface area (Å²) in [4.78, 5) is 14.4. The van der Waals surface area contributed by atoms with Crippen LogP contribution < -0.4 is 10.6 Å². The smallest absolute Gasteiger partial charge is 0.321 e. The Hall–Kier alpha value is -1.25. The van der Waals surface area contributed by atoms with Gasteiger partial charge in [0.25, 0.3) is 0 Å². The van der Waals surface area contributed by atoms with Crippen molar-refractivity contribution in [3.8, 4) is 0 Å². The quantitative estimate of drug-likeness (QED) is 0.853. The Morgan fingerprint density at radius 2 is 2.38 bits per heavy atom. The highest BCUT2D eigenvalue weighted by Crippen LogP contribution is 2.24. The lowest BCUT2D eigenvalue weighted by molar-refractivity contribution is 0.135. The van der Waals surface area contributed by atoms with Crippen molar-refractivity contribution in [3.63, 3.8) is 0 Å². The second-order valence-electron chi connectivity index (χ2n) is 5.51. The number of rotatable bonds is 5. The number of hydrogen-bond donors (Lipinski definition) is 2. The summed E-state index contributed by atoms with van der Waals surface area (Å²) in [6.45, 7) is 4.55. The van der Waals surface area contributed by atoms with Gasteiger partial charge in [0.1, 0.15) is 5.51 Å². The minimum atomic E-state index is -0.213. The van der Waals surface area contributed by atoms with Gasteiger partial charge in [-0.3, -0.25) is 10.2 Å². The number of urea groups is 1. The SMILES string of the molecule is O=C(NCC(C1CCOC1)N1CCCC1)Nc1nncs1. The van der Waals surface area contributed by atoms with Gasteiger partial charge in [-0.1, -0.05) is 11.3 Å². The van der Waals surface area contributed by atoms with Gasteiger partial charge in [0.2, 0.25) is 5.13 Å². The maximum atomic E-state index is 11.9. The summed E-state index contributed by atoms with van der Waals surface area (Å²) in [6, 6.07) is 0.157. The first-order valence-corrected chi connectivity index (χ1v) is 8.34. The van der Waals surface area contributed by atoms with E-state index in [4.69, 9.17) is 4.74 Å². The van der Waals surface area contributed by atoms with Crippen LogP contribution in [0.15, 0.2) is 5.51 Å². The fourth-order valence-corrected chi connectivity index (χ4v) is 3.53. The van der Waals surface area contributed by atoms with E-state index in [1.54, 1.807) is 5.51 Å². The van der Waals surface area contributed by atoms with Crippen molar-refractivity contribution in [2.24, 2.45) is 5.92 Å². The molecule has 2 amide bonds. The van der Waals surface area contributed by atoms with Crippen molar-refractivity contribution >= 4 is 22.5 Å². The molecule has 3 rings (SSSR count). The number of aromatic nitrogens is 2. The highest BCUT2D eigenvalue weighted by Gasteiger charge is 2.32. The number of carbonyl (C=O) groups is 1. The van der Waals surface area contributed by atoms with E-state index >= 15 is 0 Å². The molecular formula is C13H21N5O2S. The summed E-state index contributed by atoms with van der Waals surface area (Å²) < 4.78 is 5.52. The van der Waals surface area contributed by atoms with E-state index in [-0.39, 0.29) is 6.03 Å². The maximum absolute atomic E-state index is 11.9. The molecule has 1 aromatic heterocycles. The van der Waals surface area contributed by atoms with E-state index in [0.29, 0.717) is 23.6 Å². The first-order chi connectivity index (χ1) is 10.3. The molecule has 116 valence electrons. The fourth-order valence-electron chi connectivity index (χ4n) is 3.09. The van der Waals surface area contributed by atoms with Crippen LogP contribution in [0, 0.1) is 5.92 Å². The molecule has 21 heavy (non-hydrogen) atoms. The van der Waals surface area contributed by atoms with E-state index in [0.717, 1.165) is 32.7 Å². The molecule has 0 radical (unpaired) electrons. The third kappa shape index (κ3) is 3.90. The standard InChI is InChI=1S/C13H21N5O2S/c19-12(16-13-17-15-9-21-13)14-7-11(10-3-6-20-8-10)18-4-1-2-5-18/h9-11H,1-8H2,(H2,14,16,17,19). The number of anilines is 1. The minimum absolute atomic E-state index is 0.213. The number of amides is 2.